The van der Waals surface area contributed by atoms with Crippen LogP contribution in [0.5, 0.6) is 0 Å². The SMILES string of the molecule is CC(N)C(=O)NC(CC(=O)O)C(=O)NC(CC(N)=O)C(=O)NC(CS)C(=O)O. The van der Waals surface area contributed by atoms with Crippen LogP contribution in [0.3, 0.4) is 0 Å². The Kier molecular flexibility index (Phi) is 10.6. The summed E-state index contributed by atoms with van der Waals surface area (Å²) in [6.07, 6.45) is -1.53. The number of carboxylic acids is 2. The van der Waals surface area contributed by atoms with E-state index in [2.05, 4.69) is 28.6 Å². The molecule has 0 aliphatic carbocycles. The first-order valence-electron chi connectivity index (χ1n) is 7.89. The maximum absolute atomic E-state index is 12.3. The highest BCUT2D eigenvalue weighted by molar-refractivity contribution is 7.80. The fourth-order valence-electron chi connectivity index (χ4n) is 1.83. The predicted octanol–water partition coefficient (Wildman–Crippen LogP) is -3.85. The van der Waals surface area contributed by atoms with Crippen molar-refractivity contribution < 1.29 is 39.0 Å². The maximum Gasteiger partial charge on any atom is 0.327 e. The van der Waals surface area contributed by atoms with Gasteiger partial charge in [0.15, 0.2) is 0 Å². The summed E-state index contributed by atoms with van der Waals surface area (Å²) in [7, 11) is 0. The number of carbonyl (C=O) groups is 6. The molecule has 0 saturated carbocycles. The molecule has 4 atom stereocenters. The first-order valence-corrected chi connectivity index (χ1v) is 8.52. The molecule has 0 fully saturated rings. The summed E-state index contributed by atoms with van der Waals surface area (Å²) < 4.78 is 0. The van der Waals surface area contributed by atoms with Crippen molar-refractivity contribution in [2.75, 3.05) is 5.75 Å². The lowest BCUT2D eigenvalue weighted by Gasteiger charge is -2.23. The van der Waals surface area contributed by atoms with E-state index in [-0.39, 0.29) is 5.75 Å². The molecule has 14 heteroatoms. The molecule has 0 aromatic rings. The summed E-state index contributed by atoms with van der Waals surface area (Å²) in [5, 5.41) is 24.1. The predicted molar refractivity (Wildman–Crippen MR) is 97.0 cm³/mol. The molecular formula is C14H23N5O8S. The lowest BCUT2D eigenvalue weighted by atomic mass is 10.1. The van der Waals surface area contributed by atoms with Crippen LogP contribution in [0.2, 0.25) is 0 Å². The first kappa shape index (κ1) is 25.1. The molecule has 28 heavy (non-hydrogen) atoms. The second kappa shape index (κ2) is 11.8. The minimum absolute atomic E-state index is 0.273. The van der Waals surface area contributed by atoms with E-state index in [1.54, 1.807) is 0 Å². The Morgan fingerprint density at radius 1 is 0.857 bits per heavy atom. The topological polar surface area (TPSA) is 231 Å². The van der Waals surface area contributed by atoms with Crippen molar-refractivity contribution >= 4 is 48.2 Å². The Hall–Kier alpha value is -2.87. The zero-order valence-electron chi connectivity index (χ0n) is 14.9. The van der Waals surface area contributed by atoms with Gasteiger partial charge in [0.05, 0.1) is 18.9 Å². The van der Waals surface area contributed by atoms with E-state index in [0.29, 0.717) is 0 Å². The molecule has 0 saturated heterocycles. The average Bonchev–Trinajstić information content (AvgIpc) is 2.56. The Morgan fingerprint density at radius 2 is 1.29 bits per heavy atom. The second-order valence-corrected chi connectivity index (χ2v) is 6.13. The molecule has 0 aliphatic rings. The summed E-state index contributed by atoms with van der Waals surface area (Å²) in [5.74, 6) is -7.07. The third kappa shape index (κ3) is 9.18. The minimum atomic E-state index is -1.60. The molecule has 4 amide bonds. The van der Waals surface area contributed by atoms with Crippen LogP contribution in [0, 0.1) is 0 Å². The number of carboxylic acid groups (broad SMARTS) is 2. The van der Waals surface area contributed by atoms with Crippen molar-refractivity contribution in [3.05, 3.63) is 0 Å². The van der Waals surface area contributed by atoms with Crippen molar-refractivity contribution in [1.82, 2.24) is 16.0 Å². The van der Waals surface area contributed by atoms with E-state index in [1.165, 1.54) is 6.92 Å². The Labute approximate surface area is 165 Å². The highest BCUT2D eigenvalue weighted by Gasteiger charge is 2.31. The van der Waals surface area contributed by atoms with Gasteiger partial charge < -0.3 is 37.6 Å². The Balaban J connectivity index is 5.39. The van der Waals surface area contributed by atoms with Crippen molar-refractivity contribution in [3.8, 4) is 0 Å². The van der Waals surface area contributed by atoms with Gasteiger partial charge in [-0.3, -0.25) is 24.0 Å². The van der Waals surface area contributed by atoms with E-state index in [1.807, 2.05) is 0 Å². The number of aliphatic carboxylic acids is 2. The summed E-state index contributed by atoms with van der Waals surface area (Å²) >= 11 is 3.77. The van der Waals surface area contributed by atoms with Crippen molar-refractivity contribution in [3.63, 3.8) is 0 Å². The van der Waals surface area contributed by atoms with Gasteiger partial charge in [0.1, 0.15) is 18.1 Å². The smallest absolute Gasteiger partial charge is 0.327 e. The number of thiol groups is 1. The van der Waals surface area contributed by atoms with E-state index in [4.69, 9.17) is 21.7 Å². The van der Waals surface area contributed by atoms with Gasteiger partial charge in [0, 0.05) is 5.75 Å². The van der Waals surface area contributed by atoms with Crippen LogP contribution >= 0.6 is 12.6 Å². The van der Waals surface area contributed by atoms with Crippen molar-refractivity contribution in [2.45, 2.75) is 43.9 Å². The van der Waals surface area contributed by atoms with E-state index in [0.717, 1.165) is 0 Å². The molecule has 4 unspecified atom stereocenters. The largest absolute Gasteiger partial charge is 0.481 e. The Morgan fingerprint density at radius 3 is 1.64 bits per heavy atom. The number of hydrogen-bond acceptors (Lipinski definition) is 8. The molecule has 9 N–H and O–H groups in total. The number of nitrogens with two attached hydrogens (primary N) is 2. The van der Waals surface area contributed by atoms with Gasteiger partial charge in [-0.15, -0.1) is 0 Å². The van der Waals surface area contributed by atoms with Gasteiger partial charge in [0.25, 0.3) is 0 Å². The van der Waals surface area contributed by atoms with Crippen LogP contribution in [-0.2, 0) is 28.8 Å². The molecule has 0 aromatic carbocycles. The van der Waals surface area contributed by atoms with Gasteiger partial charge in [-0.25, -0.2) is 4.79 Å². The fourth-order valence-corrected chi connectivity index (χ4v) is 2.08. The fraction of sp³-hybridized carbons (Fsp3) is 0.571. The van der Waals surface area contributed by atoms with Gasteiger partial charge in [0.2, 0.25) is 23.6 Å². The van der Waals surface area contributed by atoms with Gasteiger partial charge in [-0.1, -0.05) is 0 Å². The zero-order valence-corrected chi connectivity index (χ0v) is 15.8. The average molecular weight is 421 g/mol. The quantitative estimate of drug-likeness (QED) is 0.144. The van der Waals surface area contributed by atoms with Crippen LogP contribution in [0.1, 0.15) is 19.8 Å². The van der Waals surface area contributed by atoms with Gasteiger partial charge in [-0.05, 0) is 6.92 Å². The number of hydrogen-bond donors (Lipinski definition) is 8. The monoisotopic (exact) mass is 421 g/mol. The molecule has 0 rings (SSSR count). The molecule has 0 spiro atoms. The standard InChI is InChI=1S/C14H23N5O8S/c1-5(15)11(23)17-7(3-10(21)22)13(25)18-6(2-9(16)20)12(24)19-8(4-28)14(26)27/h5-8,28H,2-4,15H2,1H3,(H2,16,20)(H,17,23)(H,18,25)(H,19,24)(H,21,22)(H,26,27). The molecule has 0 aromatic heterocycles. The van der Waals surface area contributed by atoms with Crippen LogP contribution in [0.15, 0.2) is 0 Å². The molecule has 0 aliphatic heterocycles. The molecule has 0 radical (unpaired) electrons. The number of primary amides is 1. The van der Waals surface area contributed by atoms with Crippen LogP contribution in [0.4, 0.5) is 0 Å². The third-order valence-corrected chi connectivity index (χ3v) is 3.63. The zero-order chi connectivity index (χ0) is 22.0. The third-order valence-electron chi connectivity index (χ3n) is 3.26. The number of carbonyl (C=O) groups excluding carboxylic acids is 4. The normalized spacial score (nSPS) is 14.7. The van der Waals surface area contributed by atoms with Gasteiger partial charge in [-0.2, -0.15) is 12.6 Å². The van der Waals surface area contributed by atoms with Crippen LogP contribution in [-0.4, -0.2) is 75.7 Å². The van der Waals surface area contributed by atoms with E-state index < -0.39 is 72.6 Å². The second-order valence-electron chi connectivity index (χ2n) is 5.76. The lowest BCUT2D eigenvalue weighted by molar-refractivity contribution is -0.143. The summed E-state index contributed by atoms with van der Waals surface area (Å²) in [6.45, 7) is 1.30. The van der Waals surface area contributed by atoms with Gasteiger partial charge >= 0.3 is 11.9 Å². The minimum Gasteiger partial charge on any atom is -0.481 e. The molecule has 0 bridgehead atoms. The first-order chi connectivity index (χ1) is 12.9. The summed E-state index contributed by atoms with van der Waals surface area (Å²) in [4.78, 5) is 69.3. The van der Waals surface area contributed by atoms with Crippen LogP contribution in [0.25, 0.3) is 0 Å². The maximum atomic E-state index is 12.3. The van der Waals surface area contributed by atoms with Crippen molar-refractivity contribution in [1.29, 1.82) is 0 Å². The molecule has 0 heterocycles. The van der Waals surface area contributed by atoms with E-state index >= 15 is 0 Å². The highest BCUT2D eigenvalue weighted by atomic mass is 32.1. The molecular weight excluding hydrogens is 398 g/mol. The number of rotatable bonds is 12. The number of nitrogens with one attached hydrogen (secondary N) is 3. The Bertz CT molecular complexity index is 641. The van der Waals surface area contributed by atoms with Crippen LogP contribution < -0.4 is 27.4 Å². The van der Waals surface area contributed by atoms with Crippen molar-refractivity contribution in [2.24, 2.45) is 11.5 Å². The summed E-state index contributed by atoms with van der Waals surface area (Å²) in [6, 6.07) is -5.65. The van der Waals surface area contributed by atoms with E-state index in [9.17, 15) is 28.8 Å². The molecule has 13 nitrogen and oxygen atoms in total. The summed E-state index contributed by atoms with van der Waals surface area (Å²) in [5.41, 5.74) is 10.4. The lowest BCUT2D eigenvalue weighted by Crippen LogP contribution is -2.58. The number of amides is 4. The highest BCUT2D eigenvalue weighted by Crippen LogP contribution is 2.00. The molecule has 158 valence electrons.